The SMILES string of the molecule is Cc1nccn1CCCCN1C[C@@H]2C(CO)[C@@H]2C1. The summed E-state index contributed by atoms with van der Waals surface area (Å²) in [6, 6.07) is 0. The van der Waals surface area contributed by atoms with Gasteiger partial charge in [-0.1, -0.05) is 0 Å². The fraction of sp³-hybridized carbons (Fsp3) is 0.786. The van der Waals surface area contributed by atoms with Gasteiger partial charge in [0.25, 0.3) is 0 Å². The predicted molar refractivity (Wildman–Crippen MR) is 70.2 cm³/mol. The third-order valence-corrected chi connectivity index (χ3v) is 4.70. The van der Waals surface area contributed by atoms with Crippen molar-refractivity contribution >= 4 is 0 Å². The molecule has 0 bridgehead atoms. The number of hydrogen-bond donors (Lipinski definition) is 1. The van der Waals surface area contributed by atoms with E-state index in [2.05, 4.69) is 27.6 Å². The second-order valence-corrected chi connectivity index (χ2v) is 5.81. The zero-order valence-corrected chi connectivity index (χ0v) is 11.1. The minimum Gasteiger partial charge on any atom is -0.396 e. The van der Waals surface area contributed by atoms with Crippen molar-refractivity contribution in [2.75, 3.05) is 26.2 Å². The molecule has 1 aliphatic heterocycles. The Balaban J connectivity index is 1.31. The number of unbranched alkanes of at least 4 members (excludes halogenated alkanes) is 1. The molecule has 1 aliphatic carbocycles. The summed E-state index contributed by atoms with van der Waals surface area (Å²) in [4.78, 5) is 6.81. The zero-order valence-electron chi connectivity index (χ0n) is 11.1. The van der Waals surface area contributed by atoms with E-state index in [9.17, 15) is 0 Å². The molecule has 2 fully saturated rings. The van der Waals surface area contributed by atoms with E-state index in [-0.39, 0.29) is 0 Å². The molecule has 0 amide bonds. The molecule has 0 spiro atoms. The van der Waals surface area contributed by atoms with Gasteiger partial charge in [0, 0.05) is 38.6 Å². The first-order valence-corrected chi connectivity index (χ1v) is 7.10. The maximum absolute atomic E-state index is 9.12. The van der Waals surface area contributed by atoms with Crippen LogP contribution < -0.4 is 0 Å². The summed E-state index contributed by atoms with van der Waals surface area (Å²) >= 11 is 0. The van der Waals surface area contributed by atoms with Crippen molar-refractivity contribution in [3.8, 4) is 0 Å². The van der Waals surface area contributed by atoms with E-state index in [1.807, 2.05) is 6.20 Å². The average molecular weight is 249 g/mol. The van der Waals surface area contributed by atoms with E-state index in [1.54, 1.807) is 0 Å². The molecule has 1 saturated carbocycles. The highest BCUT2D eigenvalue weighted by Crippen LogP contribution is 2.51. The quantitative estimate of drug-likeness (QED) is 0.769. The molecule has 0 radical (unpaired) electrons. The Hall–Kier alpha value is -0.870. The molecule has 4 heteroatoms. The van der Waals surface area contributed by atoms with E-state index in [0.29, 0.717) is 12.5 Å². The van der Waals surface area contributed by atoms with Gasteiger partial charge < -0.3 is 14.6 Å². The number of imidazole rings is 1. The van der Waals surface area contributed by atoms with Gasteiger partial charge in [-0.05, 0) is 44.1 Å². The maximum atomic E-state index is 9.12. The molecule has 2 heterocycles. The fourth-order valence-corrected chi connectivity index (χ4v) is 3.45. The van der Waals surface area contributed by atoms with Gasteiger partial charge >= 0.3 is 0 Å². The first kappa shape index (κ1) is 12.2. The van der Waals surface area contributed by atoms with Crippen LogP contribution in [0.5, 0.6) is 0 Å². The Morgan fingerprint density at radius 1 is 1.28 bits per heavy atom. The number of aliphatic hydroxyl groups excluding tert-OH is 1. The van der Waals surface area contributed by atoms with Crippen molar-refractivity contribution in [2.45, 2.75) is 26.3 Å². The molecule has 3 rings (SSSR count). The van der Waals surface area contributed by atoms with E-state index in [1.165, 1.54) is 32.5 Å². The van der Waals surface area contributed by atoms with Gasteiger partial charge in [0.15, 0.2) is 0 Å². The Bertz CT molecular complexity index is 391. The van der Waals surface area contributed by atoms with Gasteiger partial charge in [-0.15, -0.1) is 0 Å². The molecule has 1 aromatic heterocycles. The lowest BCUT2D eigenvalue weighted by Crippen LogP contribution is -2.26. The van der Waals surface area contributed by atoms with Gasteiger partial charge in [0.05, 0.1) is 0 Å². The van der Waals surface area contributed by atoms with Crippen molar-refractivity contribution in [3.63, 3.8) is 0 Å². The van der Waals surface area contributed by atoms with E-state index < -0.39 is 0 Å². The van der Waals surface area contributed by atoms with Crippen molar-refractivity contribution in [2.24, 2.45) is 17.8 Å². The van der Waals surface area contributed by atoms with Crippen LogP contribution in [0, 0.1) is 24.7 Å². The summed E-state index contributed by atoms with van der Waals surface area (Å²) < 4.78 is 2.23. The average Bonchev–Trinajstić information content (AvgIpc) is 2.73. The van der Waals surface area contributed by atoms with E-state index in [0.717, 1.165) is 24.2 Å². The van der Waals surface area contributed by atoms with Gasteiger partial charge in [-0.3, -0.25) is 0 Å². The molecule has 0 aromatic carbocycles. The molecule has 4 nitrogen and oxygen atoms in total. The number of fused-ring (bicyclic) bond motifs is 1. The summed E-state index contributed by atoms with van der Waals surface area (Å²) in [6.45, 7) is 7.22. The molecule has 100 valence electrons. The molecular formula is C14H23N3O. The third-order valence-electron chi connectivity index (χ3n) is 4.70. The smallest absolute Gasteiger partial charge is 0.105 e. The Morgan fingerprint density at radius 2 is 2.00 bits per heavy atom. The van der Waals surface area contributed by atoms with Crippen LogP contribution in [-0.2, 0) is 6.54 Å². The molecule has 1 aromatic rings. The van der Waals surface area contributed by atoms with Crippen LogP contribution in [0.15, 0.2) is 12.4 Å². The number of nitrogens with zero attached hydrogens (tertiary/aromatic N) is 3. The van der Waals surface area contributed by atoms with Crippen molar-refractivity contribution in [1.82, 2.24) is 14.5 Å². The number of likely N-dealkylation sites (tertiary alicyclic amines) is 1. The molecule has 1 unspecified atom stereocenters. The molecule has 1 N–H and O–H groups in total. The van der Waals surface area contributed by atoms with E-state index >= 15 is 0 Å². The van der Waals surface area contributed by atoms with Gasteiger partial charge in [-0.25, -0.2) is 4.98 Å². The molecule has 1 saturated heterocycles. The predicted octanol–water partition coefficient (Wildman–Crippen LogP) is 1.14. The van der Waals surface area contributed by atoms with Gasteiger partial charge in [-0.2, -0.15) is 0 Å². The van der Waals surface area contributed by atoms with Crippen LogP contribution in [0.2, 0.25) is 0 Å². The Morgan fingerprint density at radius 3 is 2.61 bits per heavy atom. The van der Waals surface area contributed by atoms with Crippen LogP contribution in [0.4, 0.5) is 0 Å². The number of aliphatic hydroxyl groups is 1. The largest absolute Gasteiger partial charge is 0.396 e. The normalized spacial score (nSPS) is 30.7. The molecular weight excluding hydrogens is 226 g/mol. The first-order valence-electron chi connectivity index (χ1n) is 7.10. The van der Waals surface area contributed by atoms with E-state index in [4.69, 9.17) is 5.11 Å². The maximum Gasteiger partial charge on any atom is 0.105 e. The first-order chi connectivity index (χ1) is 8.79. The van der Waals surface area contributed by atoms with Crippen LogP contribution in [0.3, 0.4) is 0 Å². The summed E-state index contributed by atoms with van der Waals surface area (Å²) in [6.07, 6.45) is 6.43. The minimum atomic E-state index is 0.406. The lowest BCUT2D eigenvalue weighted by Gasteiger charge is -2.18. The lowest BCUT2D eigenvalue weighted by molar-refractivity contribution is 0.218. The van der Waals surface area contributed by atoms with Crippen molar-refractivity contribution in [1.29, 1.82) is 0 Å². The minimum absolute atomic E-state index is 0.406. The number of aromatic nitrogens is 2. The van der Waals surface area contributed by atoms with Crippen LogP contribution in [-0.4, -0.2) is 45.8 Å². The number of hydrogen-bond acceptors (Lipinski definition) is 3. The van der Waals surface area contributed by atoms with Crippen molar-refractivity contribution < 1.29 is 5.11 Å². The van der Waals surface area contributed by atoms with Crippen LogP contribution in [0.25, 0.3) is 0 Å². The second-order valence-electron chi connectivity index (χ2n) is 5.81. The standard InChI is InChI=1S/C14H23N3O/c1-11-15-4-7-17(11)6-3-2-5-16-8-12-13(9-16)14(12)10-18/h4,7,12-14,18H,2-3,5-6,8-10H2,1H3/t12-,13+,14?. The Kier molecular flexibility index (Phi) is 3.39. The van der Waals surface area contributed by atoms with Crippen LogP contribution in [0.1, 0.15) is 18.7 Å². The third kappa shape index (κ3) is 2.31. The number of piperidine rings is 1. The summed E-state index contributed by atoms with van der Waals surface area (Å²) in [5, 5.41) is 9.12. The molecule has 18 heavy (non-hydrogen) atoms. The van der Waals surface area contributed by atoms with Gasteiger partial charge in [0.2, 0.25) is 0 Å². The molecule has 2 aliphatic rings. The summed E-state index contributed by atoms with van der Waals surface area (Å²) in [7, 11) is 0. The lowest BCUT2D eigenvalue weighted by atomic mass is 10.2. The number of rotatable bonds is 6. The van der Waals surface area contributed by atoms with Crippen LogP contribution >= 0.6 is 0 Å². The number of aryl methyl sites for hydroxylation is 2. The highest BCUT2D eigenvalue weighted by atomic mass is 16.3. The van der Waals surface area contributed by atoms with Crippen molar-refractivity contribution in [3.05, 3.63) is 18.2 Å². The monoisotopic (exact) mass is 249 g/mol. The fourth-order valence-electron chi connectivity index (χ4n) is 3.45. The Labute approximate surface area is 109 Å². The topological polar surface area (TPSA) is 41.3 Å². The second kappa shape index (κ2) is 5.02. The zero-order chi connectivity index (χ0) is 12.5. The summed E-state index contributed by atoms with van der Waals surface area (Å²) in [5.41, 5.74) is 0. The highest BCUT2D eigenvalue weighted by molar-refractivity contribution is 5.04. The molecule has 3 atom stereocenters. The van der Waals surface area contributed by atoms with Gasteiger partial charge in [0.1, 0.15) is 5.82 Å². The highest BCUT2D eigenvalue weighted by Gasteiger charge is 2.54. The summed E-state index contributed by atoms with van der Waals surface area (Å²) in [5.74, 6) is 3.37.